The number of ether oxygens (including phenoxy) is 3. The Hall–Kier alpha value is -5.13. The lowest BCUT2D eigenvalue weighted by molar-refractivity contribution is -0.123. The van der Waals surface area contributed by atoms with Crippen LogP contribution in [0.5, 0.6) is 17.2 Å². The number of hydrogen-bond donors (Lipinski definition) is 2. The van der Waals surface area contributed by atoms with Crippen LogP contribution in [0.2, 0.25) is 0 Å². The molecule has 12 nitrogen and oxygen atoms in total. The Labute approximate surface area is 229 Å². The summed E-state index contributed by atoms with van der Waals surface area (Å²) in [5.41, 5.74) is 2.09. The average Bonchev–Trinajstić information content (AvgIpc) is 3.63. The topological polar surface area (TPSA) is 133 Å². The Bertz CT molecular complexity index is 1510. The van der Waals surface area contributed by atoms with Crippen molar-refractivity contribution < 1.29 is 23.8 Å². The number of anilines is 1. The predicted molar refractivity (Wildman–Crippen MR) is 144 cm³/mol. The molecule has 3 aromatic carbocycles. The van der Waals surface area contributed by atoms with E-state index in [0.29, 0.717) is 48.4 Å². The summed E-state index contributed by atoms with van der Waals surface area (Å²) in [5, 5.41) is 18.3. The van der Waals surface area contributed by atoms with E-state index >= 15 is 0 Å². The van der Waals surface area contributed by atoms with Crippen molar-refractivity contribution in [1.82, 2.24) is 30.8 Å². The Morgan fingerprint density at radius 2 is 1.82 bits per heavy atom. The molecule has 40 heavy (non-hydrogen) atoms. The minimum atomic E-state index is -0.403. The molecule has 3 aliphatic heterocycles. The Kier molecular flexibility index (Phi) is 6.87. The van der Waals surface area contributed by atoms with Crippen molar-refractivity contribution in [3.8, 4) is 22.9 Å². The minimum absolute atomic E-state index is 0.224. The smallest absolute Gasteiger partial charge is 0.258 e. The molecule has 4 bridgehead atoms. The van der Waals surface area contributed by atoms with Crippen molar-refractivity contribution in [2.24, 2.45) is 0 Å². The SMILES string of the molecule is COc1ccc2cc1OCC(=O)NCc1ccc(cc1)O[C@H]1CN(c3nnnn3-c3ccccc3)C[C@@H]1NC2=O. The first kappa shape index (κ1) is 25.2. The third-order valence-corrected chi connectivity index (χ3v) is 6.80. The highest BCUT2D eigenvalue weighted by atomic mass is 16.5. The number of fused-ring (bicyclic) bond motifs is 7. The van der Waals surface area contributed by atoms with E-state index in [1.54, 1.807) is 22.9 Å². The van der Waals surface area contributed by atoms with E-state index in [1.165, 1.54) is 7.11 Å². The number of carbonyl (C=O) groups excluding carboxylic acids is 2. The number of carbonyl (C=O) groups is 2. The van der Waals surface area contributed by atoms with E-state index < -0.39 is 12.1 Å². The lowest BCUT2D eigenvalue weighted by Crippen LogP contribution is -2.45. The van der Waals surface area contributed by atoms with Gasteiger partial charge in [0, 0.05) is 18.7 Å². The normalized spacial score (nSPS) is 19.1. The maximum atomic E-state index is 13.4. The van der Waals surface area contributed by atoms with Gasteiger partial charge >= 0.3 is 0 Å². The van der Waals surface area contributed by atoms with Crippen molar-refractivity contribution in [1.29, 1.82) is 0 Å². The number of nitrogens with zero attached hydrogens (tertiary/aromatic N) is 5. The van der Waals surface area contributed by atoms with Gasteiger partial charge in [-0.15, -0.1) is 0 Å². The monoisotopic (exact) mass is 541 g/mol. The molecule has 0 spiro atoms. The summed E-state index contributed by atoms with van der Waals surface area (Å²) < 4.78 is 19.1. The molecule has 1 fully saturated rings. The van der Waals surface area contributed by atoms with E-state index in [4.69, 9.17) is 14.2 Å². The number of nitrogens with one attached hydrogen (secondary N) is 2. The molecule has 7 rings (SSSR count). The van der Waals surface area contributed by atoms with Gasteiger partial charge in [-0.2, -0.15) is 4.68 Å². The third kappa shape index (κ3) is 5.23. The molecule has 3 aliphatic rings. The fourth-order valence-corrected chi connectivity index (χ4v) is 4.75. The highest BCUT2D eigenvalue weighted by Gasteiger charge is 2.38. The van der Waals surface area contributed by atoms with Crippen LogP contribution in [0.25, 0.3) is 5.69 Å². The summed E-state index contributed by atoms with van der Waals surface area (Å²) >= 11 is 0. The predicted octanol–water partition coefficient (Wildman–Crippen LogP) is 1.75. The molecule has 2 atom stereocenters. The van der Waals surface area contributed by atoms with E-state index in [1.807, 2.05) is 59.5 Å². The summed E-state index contributed by atoms with van der Waals surface area (Å²) in [5.74, 6) is 1.28. The molecular formula is C28H27N7O5. The molecule has 1 aromatic heterocycles. The molecule has 12 heteroatoms. The minimum Gasteiger partial charge on any atom is -0.493 e. The average molecular weight is 542 g/mol. The fourth-order valence-electron chi connectivity index (χ4n) is 4.75. The van der Waals surface area contributed by atoms with Crippen LogP contribution in [0.3, 0.4) is 0 Å². The van der Waals surface area contributed by atoms with E-state index in [-0.39, 0.29) is 18.4 Å². The Balaban J connectivity index is 1.32. The highest BCUT2D eigenvalue weighted by Crippen LogP contribution is 2.29. The van der Waals surface area contributed by atoms with E-state index in [2.05, 4.69) is 26.2 Å². The standard InChI is InChI=1S/C28H27N7O5/c1-38-23-12-9-19-13-24(23)39-17-26(36)29-14-18-7-10-21(11-8-18)40-25-16-34(15-22(25)30-27(19)37)28-31-32-33-35(28)20-5-3-2-4-6-20/h2-13,22,25H,14-17H2,1H3,(H,29,36)(H,30,37)/t22-,25-/m0/s1. The Morgan fingerprint density at radius 3 is 2.62 bits per heavy atom. The molecule has 2 amide bonds. The number of benzene rings is 3. The first-order valence-electron chi connectivity index (χ1n) is 12.8. The summed E-state index contributed by atoms with van der Waals surface area (Å²) in [7, 11) is 1.50. The van der Waals surface area contributed by atoms with Crippen LogP contribution in [-0.4, -0.2) is 71.0 Å². The molecule has 4 aromatic rings. The maximum Gasteiger partial charge on any atom is 0.258 e. The van der Waals surface area contributed by atoms with Gasteiger partial charge < -0.3 is 29.7 Å². The van der Waals surface area contributed by atoms with Gasteiger partial charge in [0.25, 0.3) is 17.8 Å². The van der Waals surface area contributed by atoms with Gasteiger partial charge in [0.15, 0.2) is 18.1 Å². The Morgan fingerprint density at radius 1 is 1.00 bits per heavy atom. The molecule has 0 unspecified atom stereocenters. The second-order valence-electron chi connectivity index (χ2n) is 9.44. The molecular weight excluding hydrogens is 514 g/mol. The van der Waals surface area contributed by atoms with E-state index in [0.717, 1.165) is 11.3 Å². The number of amides is 2. The summed E-state index contributed by atoms with van der Waals surface area (Å²) in [6.07, 6.45) is -0.403. The fraction of sp³-hybridized carbons (Fsp3) is 0.250. The first-order chi connectivity index (χ1) is 19.6. The van der Waals surface area contributed by atoms with Gasteiger partial charge in [0.2, 0.25) is 0 Å². The largest absolute Gasteiger partial charge is 0.493 e. The summed E-state index contributed by atoms with van der Waals surface area (Å²) in [6, 6.07) is 21.5. The van der Waals surface area contributed by atoms with Crippen LogP contribution in [0.4, 0.5) is 5.95 Å². The number of hydrogen-bond acceptors (Lipinski definition) is 9. The van der Waals surface area contributed by atoms with Gasteiger partial charge in [-0.1, -0.05) is 35.4 Å². The van der Waals surface area contributed by atoms with Gasteiger partial charge in [-0.05, 0) is 58.5 Å². The molecule has 2 N–H and O–H groups in total. The second kappa shape index (κ2) is 10.9. The number of aromatic nitrogens is 4. The van der Waals surface area contributed by atoms with Gasteiger partial charge in [0.1, 0.15) is 11.9 Å². The van der Waals surface area contributed by atoms with Crippen LogP contribution in [0.15, 0.2) is 72.8 Å². The lowest BCUT2D eigenvalue weighted by atomic mass is 10.1. The molecule has 204 valence electrons. The summed E-state index contributed by atoms with van der Waals surface area (Å²) in [4.78, 5) is 27.8. The third-order valence-electron chi connectivity index (χ3n) is 6.80. The lowest BCUT2D eigenvalue weighted by Gasteiger charge is -2.21. The van der Waals surface area contributed by atoms with Gasteiger partial charge in [-0.3, -0.25) is 9.59 Å². The van der Waals surface area contributed by atoms with Gasteiger partial charge in [-0.25, -0.2) is 0 Å². The number of methoxy groups -OCH3 is 1. The number of tetrazole rings is 1. The van der Waals surface area contributed by atoms with Crippen LogP contribution >= 0.6 is 0 Å². The zero-order valence-corrected chi connectivity index (χ0v) is 21.7. The first-order valence-corrected chi connectivity index (χ1v) is 12.8. The molecule has 0 saturated carbocycles. The number of para-hydroxylation sites is 1. The van der Waals surface area contributed by atoms with Crippen molar-refractivity contribution >= 4 is 17.8 Å². The van der Waals surface area contributed by atoms with Crippen LogP contribution in [0.1, 0.15) is 15.9 Å². The number of rotatable bonds is 3. The van der Waals surface area contributed by atoms with Crippen LogP contribution in [-0.2, 0) is 11.3 Å². The van der Waals surface area contributed by atoms with Crippen molar-refractivity contribution in [2.45, 2.75) is 18.7 Å². The quantitative estimate of drug-likeness (QED) is 0.398. The molecule has 1 saturated heterocycles. The van der Waals surface area contributed by atoms with E-state index in [9.17, 15) is 9.59 Å². The van der Waals surface area contributed by atoms with Crippen molar-refractivity contribution in [3.05, 3.63) is 83.9 Å². The maximum absolute atomic E-state index is 13.4. The molecule has 0 aliphatic carbocycles. The zero-order valence-electron chi connectivity index (χ0n) is 21.7. The second-order valence-corrected chi connectivity index (χ2v) is 9.44. The highest BCUT2D eigenvalue weighted by molar-refractivity contribution is 5.95. The molecule has 0 radical (unpaired) electrons. The van der Waals surface area contributed by atoms with Gasteiger partial charge in [0.05, 0.1) is 25.4 Å². The summed E-state index contributed by atoms with van der Waals surface area (Å²) in [6.45, 7) is 0.965. The molecule has 4 heterocycles. The van der Waals surface area contributed by atoms with Crippen LogP contribution < -0.4 is 29.7 Å². The van der Waals surface area contributed by atoms with Crippen molar-refractivity contribution in [3.63, 3.8) is 0 Å². The van der Waals surface area contributed by atoms with Crippen LogP contribution in [0, 0.1) is 0 Å². The zero-order chi connectivity index (χ0) is 27.5. The van der Waals surface area contributed by atoms with Crippen molar-refractivity contribution in [2.75, 3.05) is 31.7 Å².